The fourth-order valence-electron chi connectivity index (χ4n) is 1.71. The lowest BCUT2D eigenvalue weighted by Gasteiger charge is -2.10. The molecule has 4 N–H and O–H groups in total. The van der Waals surface area contributed by atoms with E-state index in [1.165, 1.54) is 6.07 Å². The van der Waals surface area contributed by atoms with Gasteiger partial charge in [0.05, 0.1) is 5.56 Å². The summed E-state index contributed by atoms with van der Waals surface area (Å²) < 4.78 is 0. The molecule has 86 valence electrons. The summed E-state index contributed by atoms with van der Waals surface area (Å²) in [5.74, 6) is -0.641. The van der Waals surface area contributed by atoms with Crippen molar-refractivity contribution in [2.24, 2.45) is 0 Å². The van der Waals surface area contributed by atoms with Crippen molar-refractivity contribution in [3.8, 4) is 5.88 Å². The van der Waals surface area contributed by atoms with Crippen molar-refractivity contribution in [1.29, 1.82) is 0 Å². The Balaban J connectivity index is 2.10. The molecule has 1 atom stereocenters. The molecule has 0 unspecified atom stereocenters. The van der Waals surface area contributed by atoms with Crippen molar-refractivity contribution in [3.05, 3.63) is 28.0 Å². The molecule has 6 heteroatoms. The Bertz CT molecular complexity index is 449. The van der Waals surface area contributed by atoms with Crippen molar-refractivity contribution in [2.45, 2.75) is 12.5 Å². The molecule has 0 bridgehead atoms. The van der Waals surface area contributed by atoms with Crippen LogP contribution in [-0.4, -0.2) is 35.1 Å². The predicted octanol–water partition coefficient (Wildman–Crippen LogP) is -0.828. The molecule has 2 rings (SSSR count). The third-order valence-corrected chi connectivity index (χ3v) is 2.49. The summed E-state index contributed by atoms with van der Waals surface area (Å²) in [6.45, 7) is 1.62. The van der Waals surface area contributed by atoms with Crippen molar-refractivity contribution >= 4 is 5.91 Å². The number of rotatable bonds is 2. The van der Waals surface area contributed by atoms with Gasteiger partial charge in [0.1, 0.15) is 0 Å². The molecule has 0 spiro atoms. The van der Waals surface area contributed by atoms with Crippen LogP contribution in [-0.2, 0) is 0 Å². The number of H-pyrrole nitrogens is 1. The highest BCUT2D eigenvalue weighted by atomic mass is 16.3. The van der Waals surface area contributed by atoms with Gasteiger partial charge >= 0.3 is 0 Å². The summed E-state index contributed by atoms with van der Waals surface area (Å²) >= 11 is 0. The molecule has 16 heavy (non-hydrogen) atoms. The van der Waals surface area contributed by atoms with E-state index in [0.717, 1.165) is 25.6 Å². The number of aromatic hydroxyl groups is 1. The van der Waals surface area contributed by atoms with Gasteiger partial charge in [0.15, 0.2) is 5.88 Å². The summed E-state index contributed by atoms with van der Waals surface area (Å²) in [5.41, 5.74) is -0.317. The zero-order chi connectivity index (χ0) is 11.5. The number of pyridine rings is 1. The van der Waals surface area contributed by atoms with Crippen LogP contribution in [0.15, 0.2) is 16.9 Å². The Morgan fingerprint density at radius 3 is 2.94 bits per heavy atom. The van der Waals surface area contributed by atoms with Crippen LogP contribution >= 0.6 is 0 Å². The first kappa shape index (κ1) is 10.7. The van der Waals surface area contributed by atoms with E-state index >= 15 is 0 Å². The summed E-state index contributed by atoms with van der Waals surface area (Å²) in [6, 6.07) is 2.49. The summed E-state index contributed by atoms with van der Waals surface area (Å²) in [5, 5.41) is 15.1. The molecular weight excluding hydrogens is 210 g/mol. The minimum atomic E-state index is -0.491. The summed E-state index contributed by atoms with van der Waals surface area (Å²) in [4.78, 5) is 24.9. The van der Waals surface area contributed by atoms with Crippen molar-refractivity contribution in [1.82, 2.24) is 15.6 Å². The average Bonchev–Trinajstić information content (AvgIpc) is 2.68. The number of carbonyl (C=O) groups excluding carboxylic acids is 1. The minimum absolute atomic E-state index is 0.0916. The number of amides is 1. The zero-order valence-electron chi connectivity index (χ0n) is 8.62. The first-order chi connectivity index (χ1) is 7.65. The topological polar surface area (TPSA) is 94.2 Å². The van der Waals surface area contributed by atoms with Gasteiger partial charge in [-0.25, -0.2) is 0 Å². The molecular formula is C10H13N3O3. The molecule has 2 heterocycles. The van der Waals surface area contributed by atoms with E-state index in [1.54, 1.807) is 0 Å². The Kier molecular flexibility index (Phi) is 2.91. The van der Waals surface area contributed by atoms with Gasteiger partial charge in [-0.05, 0) is 13.0 Å². The molecule has 6 nitrogen and oxygen atoms in total. The van der Waals surface area contributed by atoms with E-state index in [4.69, 9.17) is 5.11 Å². The highest BCUT2D eigenvalue weighted by Gasteiger charge is 2.17. The van der Waals surface area contributed by atoms with Crippen LogP contribution in [0.5, 0.6) is 5.88 Å². The summed E-state index contributed by atoms with van der Waals surface area (Å²) in [6.07, 6.45) is 0.876. The molecule has 1 fully saturated rings. The Morgan fingerprint density at radius 1 is 1.50 bits per heavy atom. The van der Waals surface area contributed by atoms with Gasteiger partial charge in [-0.2, -0.15) is 0 Å². The first-order valence-corrected chi connectivity index (χ1v) is 5.10. The molecule has 1 aliphatic rings. The molecule has 0 radical (unpaired) electrons. The highest BCUT2D eigenvalue weighted by molar-refractivity contribution is 5.94. The third kappa shape index (κ3) is 2.40. The monoisotopic (exact) mass is 223 g/mol. The molecule has 1 saturated heterocycles. The second-order valence-electron chi connectivity index (χ2n) is 3.78. The maximum absolute atomic E-state index is 11.7. The van der Waals surface area contributed by atoms with Crippen LogP contribution in [0.4, 0.5) is 0 Å². The Morgan fingerprint density at radius 2 is 2.31 bits per heavy atom. The molecule has 1 aliphatic heterocycles. The lowest BCUT2D eigenvalue weighted by atomic mass is 10.2. The van der Waals surface area contributed by atoms with Gasteiger partial charge in [0, 0.05) is 24.7 Å². The van der Waals surface area contributed by atoms with E-state index in [2.05, 4.69) is 15.6 Å². The van der Waals surface area contributed by atoms with E-state index < -0.39 is 5.56 Å². The standard InChI is InChI=1S/C10H13N3O3/c14-8-3-6(4-9(15)13-8)10(16)12-7-1-2-11-5-7/h3-4,7,11H,1-2,5H2,(H,12,16)(H2,13,14,15)/t7-/m1/s1. The maximum atomic E-state index is 11.7. The lowest BCUT2D eigenvalue weighted by molar-refractivity contribution is 0.0939. The summed E-state index contributed by atoms with van der Waals surface area (Å²) in [7, 11) is 0. The first-order valence-electron chi connectivity index (χ1n) is 5.10. The minimum Gasteiger partial charge on any atom is -0.494 e. The fraction of sp³-hybridized carbons (Fsp3) is 0.400. The number of hydrogen-bond donors (Lipinski definition) is 4. The van der Waals surface area contributed by atoms with Gasteiger partial charge < -0.3 is 15.7 Å². The molecule has 0 saturated carbocycles. The third-order valence-electron chi connectivity index (χ3n) is 2.49. The average molecular weight is 223 g/mol. The van der Waals surface area contributed by atoms with Gasteiger partial charge in [-0.15, -0.1) is 0 Å². The van der Waals surface area contributed by atoms with Gasteiger partial charge in [-0.3, -0.25) is 14.6 Å². The Labute approximate surface area is 91.7 Å². The highest BCUT2D eigenvalue weighted by Crippen LogP contribution is 2.05. The van der Waals surface area contributed by atoms with Crippen LogP contribution in [0.2, 0.25) is 0 Å². The van der Waals surface area contributed by atoms with Gasteiger partial charge in [0.2, 0.25) is 0 Å². The number of hydrogen-bond acceptors (Lipinski definition) is 4. The number of nitrogens with one attached hydrogen (secondary N) is 3. The van der Waals surface area contributed by atoms with Crippen molar-refractivity contribution in [3.63, 3.8) is 0 Å². The van der Waals surface area contributed by atoms with Gasteiger partial charge in [0.25, 0.3) is 11.5 Å². The molecule has 1 amide bonds. The number of aromatic nitrogens is 1. The van der Waals surface area contributed by atoms with E-state index in [0.29, 0.717) is 0 Å². The predicted molar refractivity (Wildman–Crippen MR) is 57.5 cm³/mol. The lowest BCUT2D eigenvalue weighted by Crippen LogP contribution is -2.36. The van der Waals surface area contributed by atoms with Crippen LogP contribution in [0, 0.1) is 0 Å². The Hall–Kier alpha value is -1.82. The molecule has 1 aromatic heterocycles. The van der Waals surface area contributed by atoms with E-state index in [-0.39, 0.29) is 23.4 Å². The van der Waals surface area contributed by atoms with Crippen LogP contribution in [0.1, 0.15) is 16.8 Å². The number of carbonyl (C=O) groups is 1. The van der Waals surface area contributed by atoms with Gasteiger partial charge in [-0.1, -0.05) is 0 Å². The van der Waals surface area contributed by atoms with Crippen LogP contribution < -0.4 is 16.2 Å². The van der Waals surface area contributed by atoms with E-state index in [9.17, 15) is 9.59 Å². The molecule has 0 aromatic carbocycles. The second-order valence-corrected chi connectivity index (χ2v) is 3.78. The molecule has 0 aliphatic carbocycles. The normalized spacial score (nSPS) is 19.6. The second kappa shape index (κ2) is 4.36. The van der Waals surface area contributed by atoms with E-state index in [1.807, 2.05) is 0 Å². The van der Waals surface area contributed by atoms with Crippen molar-refractivity contribution in [2.75, 3.05) is 13.1 Å². The largest absolute Gasteiger partial charge is 0.494 e. The zero-order valence-corrected chi connectivity index (χ0v) is 8.62. The fourth-order valence-corrected chi connectivity index (χ4v) is 1.71. The molecule has 1 aromatic rings. The van der Waals surface area contributed by atoms with Crippen LogP contribution in [0.25, 0.3) is 0 Å². The quantitative estimate of drug-likeness (QED) is 0.526. The van der Waals surface area contributed by atoms with Crippen LogP contribution in [0.3, 0.4) is 0 Å². The smallest absolute Gasteiger partial charge is 0.251 e. The maximum Gasteiger partial charge on any atom is 0.251 e. The van der Waals surface area contributed by atoms with Crippen molar-refractivity contribution < 1.29 is 9.90 Å². The number of aromatic amines is 1. The SMILES string of the molecule is O=C(N[C@@H]1CCNC1)c1cc(O)[nH]c(=O)c1.